The summed E-state index contributed by atoms with van der Waals surface area (Å²) in [6, 6.07) is 10.0. The average Bonchev–Trinajstić information content (AvgIpc) is 2.72. The van der Waals surface area contributed by atoms with Crippen LogP contribution in [0.5, 0.6) is 17.4 Å². The highest BCUT2D eigenvalue weighted by Gasteiger charge is 2.30. The van der Waals surface area contributed by atoms with Crippen molar-refractivity contribution in [3.05, 3.63) is 73.2 Å². The van der Waals surface area contributed by atoms with Gasteiger partial charge in [-0.05, 0) is 60.1 Å². The van der Waals surface area contributed by atoms with Crippen molar-refractivity contribution in [2.45, 2.75) is 12.5 Å². The highest BCUT2D eigenvalue weighted by atomic mass is 35.5. The molecule has 1 aromatic heterocycles. The second-order valence-corrected chi connectivity index (χ2v) is 7.68. The molecule has 0 aliphatic carbocycles. The van der Waals surface area contributed by atoms with Crippen molar-refractivity contribution in [1.29, 1.82) is 0 Å². The summed E-state index contributed by atoms with van der Waals surface area (Å²) in [4.78, 5) is 15.5. The lowest BCUT2D eigenvalue weighted by molar-refractivity contribution is 0.352. The Balaban J connectivity index is 1.94. The Kier molecular flexibility index (Phi) is 5.55. The molecule has 1 aliphatic heterocycles. The molecule has 0 radical (unpaired) electrons. The second kappa shape index (κ2) is 8.14. The number of benzene rings is 2. The van der Waals surface area contributed by atoms with E-state index in [0.717, 1.165) is 17.5 Å². The fraction of sp³-hybridized carbons (Fsp3) is 0.238. The first-order valence-electron chi connectivity index (χ1n) is 9.27. The molecule has 30 heavy (non-hydrogen) atoms. The van der Waals surface area contributed by atoms with Crippen LogP contribution in [0.15, 0.2) is 41.2 Å². The molecular weight excluding hydrogens is 426 g/mol. The predicted octanol–water partition coefficient (Wildman–Crippen LogP) is 3.51. The maximum absolute atomic E-state index is 12.9. The quantitative estimate of drug-likeness (QED) is 0.533. The van der Waals surface area contributed by atoms with E-state index in [9.17, 15) is 9.90 Å². The number of H-pyrrole nitrogens is 1. The van der Waals surface area contributed by atoms with E-state index in [1.54, 1.807) is 38.5 Å². The third kappa shape index (κ3) is 3.47. The van der Waals surface area contributed by atoms with E-state index in [1.165, 1.54) is 4.57 Å². The van der Waals surface area contributed by atoms with E-state index in [-0.39, 0.29) is 16.2 Å². The third-order valence-electron chi connectivity index (χ3n) is 5.18. The van der Waals surface area contributed by atoms with Gasteiger partial charge in [-0.15, -0.1) is 0 Å². The zero-order valence-corrected chi connectivity index (χ0v) is 17.9. The highest BCUT2D eigenvalue weighted by molar-refractivity contribution is 7.71. The first-order chi connectivity index (χ1) is 14.4. The van der Waals surface area contributed by atoms with Gasteiger partial charge in [0, 0.05) is 11.6 Å². The SMILES string of the molecule is COc1cc2c(cc1OC)C(c1c(O)n(-c3cccc(Cl)c3)c(=S)[nH]c1=O)NCC2. The summed E-state index contributed by atoms with van der Waals surface area (Å²) in [6.45, 7) is 0.624. The largest absolute Gasteiger partial charge is 0.494 e. The summed E-state index contributed by atoms with van der Waals surface area (Å²) in [7, 11) is 3.13. The smallest absolute Gasteiger partial charge is 0.260 e. The van der Waals surface area contributed by atoms with E-state index < -0.39 is 11.6 Å². The number of ether oxygens (including phenoxy) is 2. The summed E-state index contributed by atoms with van der Waals surface area (Å²) in [6.07, 6.45) is 0.748. The fourth-order valence-corrected chi connectivity index (χ4v) is 4.26. The maximum atomic E-state index is 12.9. The molecule has 2 aromatic carbocycles. The molecule has 156 valence electrons. The van der Waals surface area contributed by atoms with Gasteiger partial charge in [0.1, 0.15) is 0 Å². The maximum Gasteiger partial charge on any atom is 0.260 e. The molecule has 0 fully saturated rings. The van der Waals surface area contributed by atoms with Crippen molar-refractivity contribution in [1.82, 2.24) is 14.9 Å². The molecule has 9 heteroatoms. The van der Waals surface area contributed by atoms with Crippen LogP contribution in [0.3, 0.4) is 0 Å². The van der Waals surface area contributed by atoms with Gasteiger partial charge in [0.15, 0.2) is 16.3 Å². The summed E-state index contributed by atoms with van der Waals surface area (Å²) in [5.74, 6) is 0.916. The minimum absolute atomic E-state index is 0.0758. The van der Waals surface area contributed by atoms with Gasteiger partial charge < -0.3 is 19.9 Å². The van der Waals surface area contributed by atoms with Crippen LogP contribution in [0, 0.1) is 4.77 Å². The lowest BCUT2D eigenvalue weighted by Gasteiger charge is -2.29. The van der Waals surface area contributed by atoms with Crippen LogP contribution in [0.1, 0.15) is 22.7 Å². The number of rotatable bonds is 4. The van der Waals surface area contributed by atoms with Crippen molar-refractivity contribution in [2.75, 3.05) is 20.8 Å². The summed E-state index contributed by atoms with van der Waals surface area (Å²) in [5.41, 5.74) is 2.08. The number of hydrogen-bond acceptors (Lipinski definition) is 6. The summed E-state index contributed by atoms with van der Waals surface area (Å²) >= 11 is 11.4. The van der Waals surface area contributed by atoms with Crippen molar-refractivity contribution in [3.63, 3.8) is 0 Å². The molecule has 2 heterocycles. The van der Waals surface area contributed by atoms with E-state index in [2.05, 4.69) is 10.3 Å². The summed E-state index contributed by atoms with van der Waals surface area (Å²) in [5, 5.41) is 14.9. The molecule has 7 nitrogen and oxygen atoms in total. The van der Waals surface area contributed by atoms with Gasteiger partial charge in [-0.1, -0.05) is 17.7 Å². The Morgan fingerprint density at radius 2 is 1.93 bits per heavy atom. The van der Waals surface area contributed by atoms with Gasteiger partial charge in [-0.3, -0.25) is 14.3 Å². The van der Waals surface area contributed by atoms with Gasteiger partial charge in [-0.2, -0.15) is 0 Å². The van der Waals surface area contributed by atoms with Crippen LogP contribution in [-0.4, -0.2) is 35.4 Å². The molecule has 0 amide bonds. The zero-order chi connectivity index (χ0) is 21.4. The van der Waals surface area contributed by atoms with Crippen LogP contribution in [0.25, 0.3) is 5.69 Å². The number of nitrogens with zero attached hydrogens (tertiary/aromatic N) is 1. The summed E-state index contributed by atoms with van der Waals surface area (Å²) < 4.78 is 12.3. The Bertz CT molecular complexity index is 1240. The lowest BCUT2D eigenvalue weighted by Crippen LogP contribution is -2.35. The molecule has 3 N–H and O–H groups in total. The Morgan fingerprint density at radius 3 is 2.63 bits per heavy atom. The number of methoxy groups -OCH3 is 2. The van der Waals surface area contributed by atoms with Crippen LogP contribution >= 0.6 is 23.8 Å². The molecular formula is C21H20ClN3O4S. The van der Waals surface area contributed by atoms with Gasteiger partial charge in [0.25, 0.3) is 5.56 Å². The lowest BCUT2D eigenvalue weighted by atomic mass is 9.90. The zero-order valence-electron chi connectivity index (χ0n) is 16.4. The molecule has 0 saturated carbocycles. The van der Waals surface area contributed by atoms with Crippen molar-refractivity contribution >= 4 is 23.8 Å². The molecule has 0 spiro atoms. The molecule has 0 bridgehead atoms. The molecule has 1 aliphatic rings. The minimum Gasteiger partial charge on any atom is -0.494 e. The van der Waals surface area contributed by atoms with E-state index in [4.69, 9.17) is 33.3 Å². The average molecular weight is 446 g/mol. The molecule has 4 rings (SSSR count). The Morgan fingerprint density at radius 1 is 1.20 bits per heavy atom. The molecule has 1 atom stereocenters. The van der Waals surface area contributed by atoms with Gasteiger partial charge in [0.05, 0.1) is 31.5 Å². The number of aromatic nitrogens is 2. The number of aromatic amines is 1. The molecule has 3 aromatic rings. The van der Waals surface area contributed by atoms with E-state index >= 15 is 0 Å². The Hall–Kier alpha value is -2.81. The Labute approximate surface area is 182 Å². The number of fused-ring (bicyclic) bond motifs is 1. The monoisotopic (exact) mass is 445 g/mol. The van der Waals surface area contributed by atoms with Crippen LogP contribution in [0.2, 0.25) is 5.02 Å². The first kappa shape index (κ1) is 20.5. The number of halogens is 1. The van der Waals surface area contributed by atoms with E-state index in [0.29, 0.717) is 28.8 Å². The van der Waals surface area contributed by atoms with Crippen LogP contribution in [0.4, 0.5) is 0 Å². The topological polar surface area (TPSA) is 88.5 Å². The highest BCUT2D eigenvalue weighted by Crippen LogP contribution is 2.38. The third-order valence-corrected chi connectivity index (χ3v) is 5.69. The standard InChI is InChI=1S/C21H20ClN3O4S/c1-28-15-8-11-6-7-23-18(14(11)10-16(15)29-2)17-19(26)24-21(30)25(20(17)27)13-5-3-4-12(22)9-13/h3-5,8-10,18,23,27H,6-7H2,1-2H3,(H,24,26,30). The number of nitrogens with one attached hydrogen (secondary N) is 2. The van der Waals surface area contributed by atoms with Crippen molar-refractivity contribution < 1.29 is 14.6 Å². The molecule has 0 saturated heterocycles. The van der Waals surface area contributed by atoms with Crippen molar-refractivity contribution in [2.24, 2.45) is 0 Å². The fourth-order valence-electron chi connectivity index (χ4n) is 3.79. The van der Waals surface area contributed by atoms with Gasteiger partial charge in [-0.25, -0.2) is 0 Å². The molecule has 1 unspecified atom stereocenters. The minimum atomic E-state index is -0.557. The van der Waals surface area contributed by atoms with Gasteiger partial charge in [0.2, 0.25) is 5.88 Å². The second-order valence-electron chi connectivity index (χ2n) is 6.85. The number of aromatic hydroxyl groups is 1. The number of hydrogen-bond donors (Lipinski definition) is 3. The first-order valence-corrected chi connectivity index (χ1v) is 10.1. The normalized spacial score (nSPS) is 15.5. The predicted molar refractivity (Wildman–Crippen MR) is 117 cm³/mol. The van der Waals surface area contributed by atoms with E-state index in [1.807, 2.05) is 12.1 Å². The van der Waals surface area contributed by atoms with Crippen LogP contribution in [-0.2, 0) is 6.42 Å². The van der Waals surface area contributed by atoms with Gasteiger partial charge >= 0.3 is 0 Å². The van der Waals surface area contributed by atoms with Crippen molar-refractivity contribution in [3.8, 4) is 23.1 Å². The van der Waals surface area contributed by atoms with Crippen LogP contribution < -0.4 is 20.3 Å².